The SMILES string of the molecule is CCCCCNC(=O)C1CCCc2ccccc21. The molecule has 98 valence electrons. The van der Waals surface area contributed by atoms with Crippen molar-refractivity contribution in [1.29, 1.82) is 0 Å². The number of benzene rings is 1. The molecule has 0 fully saturated rings. The van der Waals surface area contributed by atoms with Gasteiger partial charge in [0.1, 0.15) is 0 Å². The van der Waals surface area contributed by atoms with Crippen molar-refractivity contribution >= 4 is 5.91 Å². The van der Waals surface area contributed by atoms with Gasteiger partial charge in [0, 0.05) is 6.54 Å². The van der Waals surface area contributed by atoms with Crippen LogP contribution in [-0.2, 0) is 11.2 Å². The first-order valence-electron chi connectivity index (χ1n) is 7.18. The molecule has 1 amide bonds. The van der Waals surface area contributed by atoms with Crippen LogP contribution in [0.3, 0.4) is 0 Å². The van der Waals surface area contributed by atoms with E-state index in [4.69, 9.17) is 0 Å². The number of hydrogen-bond acceptors (Lipinski definition) is 1. The van der Waals surface area contributed by atoms with Crippen LogP contribution in [0.25, 0.3) is 0 Å². The van der Waals surface area contributed by atoms with Crippen molar-refractivity contribution in [3.05, 3.63) is 35.4 Å². The standard InChI is InChI=1S/C16H23NO/c1-2-3-6-12-17-16(18)15-11-7-9-13-8-4-5-10-14(13)15/h4-5,8,10,15H,2-3,6-7,9,11-12H2,1H3,(H,17,18). The molecule has 0 radical (unpaired) electrons. The first-order valence-corrected chi connectivity index (χ1v) is 7.18. The maximum atomic E-state index is 12.2. The van der Waals surface area contributed by atoms with E-state index in [1.165, 1.54) is 24.0 Å². The van der Waals surface area contributed by atoms with Crippen LogP contribution in [0.4, 0.5) is 0 Å². The van der Waals surface area contributed by atoms with Crippen molar-refractivity contribution < 1.29 is 4.79 Å². The summed E-state index contributed by atoms with van der Waals surface area (Å²) in [5, 5.41) is 3.09. The second-order valence-electron chi connectivity index (χ2n) is 5.14. The molecule has 1 aliphatic carbocycles. The number of amides is 1. The van der Waals surface area contributed by atoms with Gasteiger partial charge in [0.15, 0.2) is 0 Å². The van der Waals surface area contributed by atoms with Crippen LogP contribution >= 0.6 is 0 Å². The molecule has 0 saturated heterocycles. The molecule has 1 unspecified atom stereocenters. The predicted molar refractivity (Wildman–Crippen MR) is 74.7 cm³/mol. The minimum absolute atomic E-state index is 0.0802. The lowest BCUT2D eigenvalue weighted by molar-refractivity contribution is -0.122. The number of rotatable bonds is 5. The molecule has 0 bridgehead atoms. The van der Waals surface area contributed by atoms with Gasteiger partial charge >= 0.3 is 0 Å². The van der Waals surface area contributed by atoms with E-state index in [-0.39, 0.29) is 11.8 Å². The third kappa shape index (κ3) is 3.12. The van der Waals surface area contributed by atoms with E-state index in [0.29, 0.717) is 0 Å². The lowest BCUT2D eigenvalue weighted by atomic mass is 9.82. The third-order valence-corrected chi connectivity index (χ3v) is 3.77. The molecule has 1 aliphatic rings. The van der Waals surface area contributed by atoms with E-state index < -0.39 is 0 Å². The first kappa shape index (κ1) is 13.1. The fourth-order valence-electron chi connectivity index (χ4n) is 2.74. The van der Waals surface area contributed by atoms with E-state index in [1.54, 1.807) is 0 Å². The zero-order valence-electron chi connectivity index (χ0n) is 11.2. The second-order valence-corrected chi connectivity index (χ2v) is 5.14. The fourth-order valence-corrected chi connectivity index (χ4v) is 2.74. The average molecular weight is 245 g/mol. The molecular formula is C16H23NO. The molecule has 2 heteroatoms. The fraction of sp³-hybridized carbons (Fsp3) is 0.562. The summed E-state index contributed by atoms with van der Waals surface area (Å²) in [6.45, 7) is 3.00. The number of carbonyl (C=O) groups is 1. The molecule has 0 aliphatic heterocycles. The quantitative estimate of drug-likeness (QED) is 0.791. The van der Waals surface area contributed by atoms with Gasteiger partial charge in [0.2, 0.25) is 5.91 Å². The summed E-state index contributed by atoms with van der Waals surface area (Å²) < 4.78 is 0. The highest BCUT2D eigenvalue weighted by atomic mass is 16.1. The van der Waals surface area contributed by atoms with Crippen molar-refractivity contribution in [3.8, 4) is 0 Å². The van der Waals surface area contributed by atoms with E-state index in [9.17, 15) is 4.79 Å². The summed E-state index contributed by atoms with van der Waals surface area (Å²) in [5.41, 5.74) is 2.61. The molecule has 0 heterocycles. The van der Waals surface area contributed by atoms with Crippen LogP contribution in [0, 0.1) is 0 Å². The minimum Gasteiger partial charge on any atom is -0.356 e. The summed E-state index contributed by atoms with van der Waals surface area (Å²) in [5.74, 6) is 0.301. The van der Waals surface area contributed by atoms with Gasteiger partial charge in [-0.3, -0.25) is 4.79 Å². The van der Waals surface area contributed by atoms with Crippen LogP contribution in [0.5, 0.6) is 0 Å². The number of fused-ring (bicyclic) bond motifs is 1. The zero-order valence-corrected chi connectivity index (χ0v) is 11.2. The molecule has 0 saturated carbocycles. The Morgan fingerprint density at radius 3 is 3.00 bits per heavy atom. The molecule has 0 aromatic heterocycles. The Morgan fingerprint density at radius 1 is 1.33 bits per heavy atom. The third-order valence-electron chi connectivity index (χ3n) is 3.77. The highest BCUT2D eigenvalue weighted by Gasteiger charge is 2.25. The Kier molecular flexibility index (Phi) is 4.80. The lowest BCUT2D eigenvalue weighted by Crippen LogP contribution is -2.32. The summed E-state index contributed by atoms with van der Waals surface area (Å²) in [4.78, 5) is 12.2. The summed E-state index contributed by atoms with van der Waals surface area (Å²) in [7, 11) is 0. The second kappa shape index (κ2) is 6.58. The number of aryl methyl sites for hydroxylation is 1. The predicted octanol–water partition coefficient (Wildman–Crippen LogP) is 3.41. The molecule has 2 rings (SSSR count). The smallest absolute Gasteiger partial charge is 0.227 e. The number of hydrogen-bond donors (Lipinski definition) is 1. The Morgan fingerprint density at radius 2 is 2.17 bits per heavy atom. The number of carbonyl (C=O) groups excluding carboxylic acids is 1. The highest BCUT2D eigenvalue weighted by molar-refractivity contribution is 5.84. The van der Waals surface area contributed by atoms with E-state index in [2.05, 4.69) is 30.4 Å². The zero-order chi connectivity index (χ0) is 12.8. The van der Waals surface area contributed by atoms with Crippen molar-refractivity contribution in [1.82, 2.24) is 5.32 Å². The number of unbranched alkanes of at least 4 members (excludes halogenated alkanes) is 2. The monoisotopic (exact) mass is 245 g/mol. The molecular weight excluding hydrogens is 222 g/mol. The van der Waals surface area contributed by atoms with Gasteiger partial charge in [-0.2, -0.15) is 0 Å². The normalized spacial score (nSPS) is 18.2. The summed E-state index contributed by atoms with van der Waals surface area (Å²) in [6, 6.07) is 8.39. The Hall–Kier alpha value is -1.31. The number of nitrogens with one attached hydrogen (secondary N) is 1. The Balaban J connectivity index is 1.95. The highest BCUT2D eigenvalue weighted by Crippen LogP contribution is 2.31. The average Bonchev–Trinajstić information content (AvgIpc) is 2.43. The maximum Gasteiger partial charge on any atom is 0.227 e. The van der Waals surface area contributed by atoms with Crippen molar-refractivity contribution in [2.45, 2.75) is 51.4 Å². The van der Waals surface area contributed by atoms with E-state index >= 15 is 0 Å². The minimum atomic E-state index is 0.0802. The topological polar surface area (TPSA) is 29.1 Å². The molecule has 18 heavy (non-hydrogen) atoms. The Labute approximate surface area is 110 Å². The van der Waals surface area contributed by atoms with E-state index in [1.807, 2.05) is 6.07 Å². The first-order chi connectivity index (χ1) is 8.83. The van der Waals surface area contributed by atoms with Crippen molar-refractivity contribution in [3.63, 3.8) is 0 Å². The summed E-state index contributed by atoms with van der Waals surface area (Å²) in [6.07, 6.45) is 6.73. The molecule has 0 spiro atoms. The van der Waals surface area contributed by atoms with Crippen LogP contribution in [0.15, 0.2) is 24.3 Å². The largest absolute Gasteiger partial charge is 0.356 e. The Bertz CT molecular complexity index is 400. The molecule has 1 aromatic carbocycles. The van der Waals surface area contributed by atoms with Gasteiger partial charge in [-0.05, 0) is 36.8 Å². The van der Waals surface area contributed by atoms with Gasteiger partial charge in [0.05, 0.1) is 5.92 Å². The van der Waals surface area contributed by atoms with Crippen LogP contribution in [0.1, 0.15) is 56.1 Å². The van der Waals surface area contributed by atoms with Gasteiger partial charge < -0.3 is 5.32 Å². The van der Waals surface area contributed by atoms with Crippen molar-refractivity contribution in [2.24, 2.45) is 0 Å². The molecule has 2 nitrogen and oxygen atoms in total. The van der Waals surface area contributed by atoms with Crippen LogP contribution in [-0.4, -0.2) is 12.5 Å². The summed E-state index contributed by atoms with van der Waals surface area (Å²) >= 11 is 0. The van der Waals surface area contributed by atoms with E-state index in [0.717, 1.165) is 32.2 Å². The van der Waals surface area contributed by atoms with Crippen LogP contribution in [0.2, 0.25) is 0 Å². The van der Waals surface area contributed by atoms with Crippen molar-refractivity contribution in [2.75, 3.05) is 6.54 Å². The van der Waals surface area contributed by atoms with Gasteiger partial charge in [0.25, 0.3) is 0 Å². The maximum absolute atomic E-state index is 12.2. The lowest BCUT2D eigenvalue weighted by Gasteiger charge is -2.24. The van der Waals surface area contributed by atoms with Gasteiger partial charge in [-0.25, -0.2) is 0 Å². The van der Waals surface area contributed by atoms with Gasteiger partial charge in [-0.1, -0.05) is 44.0 Å². The molecule has 1 aromatic rings. The molecule has 1 atom stereocenters. The van der Waals surface area contributed by atoms with Gasteiger partial charge in [-0.15, -0.1) is 0 Å². The van der Waals surface area contributed by atoms with Crippen LogP contribution < -0.4 is 5.32 Å². The molecule has 1 N–H and O–H groups in total.